The van der Waals surface area contributed by atoms with Crippen molar-refractivity contribution >= 4 is 22.6 Å². The van der Waals surface area contributed by atoms with Gasteiger partial charge in [0.15, 0.2) is 5.69 Å². The molecular formula is C22H18FN5O2. The first kappa shape index (κ1) is 19.3. The van der Waals surface area contributed by atoms with Crippen molar-refractivity contribution in [1.29, 1.82) is 0 Å². The second kappa shape index (κ2) is 7.44. The third kappa shape index (κ3) is 3.20. The number of aryl methyl sites for hydroxylation is 1. The molecule has 2 heterocycles. The Kier molecular flexibility index (Phi) is 4.80. The molecule has 0 radical (unpaired) electrons. The molecule has 0 bridgehead atoms. The van der Waals surface area contributed by atoms with Crippen LogP contribution in [0.15, 0.2) is 42.6 Å². The first-order valence-electron chi connectivity index (χ1n) is 9.30. The third-order valence-corrected chi connectivity index (χ3v) is 4.76. The highest BCUT2D eigenvalue weighted by atomic mass is 19.1. The van der Waals surface area contributed by atoms with Crippen molar-refractivity contribution in [2.45, 2.75) is 13.8 Å². The number of rotatable bonds is 4. The van der Waals surface area contributed by atoms with E-state index in [1.807, 2.05) is 31.4 Å². The Morgan fingerprint density at radius 3 is 2.77 bits per heavy atom. The van der Waals surface area contributed by atoms with E-state index in [1.54, 1.807) is 29.2 Å². The highest BCUT2D eigenvalue weighted by Crippen LogP contribution is 2.31. The van der Waals surface area contributed by atoms with E-state index in [9.17, 15) is 9.18 Å². The third-order valence-electron chi connectivity index (χ3n) is 4.76. The summed E-state index contributed by atoms with van der Waals surface area (Å²) in [7, 11) is 1.84. The number of carbonyl (C=O) groups is 1. The summed E-state index contributed by atoms with van der Waals surface area (Å²) >= 11 is 0. The summed E-state index contributed by atoms with van der Waals surface area (Å²) in [6, 6.07) is 9.95. The Labute approximate surface area is 172 Å². The van der Waals surface area contributed by atoms with Gasteiger partial charge < -0.3 is 4.74 Å². The van der Waals surface area contributed by atoms with Crippen LogP contribution in [0.4, 0.5) is 10.1 Å². The SMILES string of the molecule is [C-]#[N+]c1ccc(-c2nc(C(=O)OCC)c(C)n2-c2ccc3nn(C)cc3c2)cc1F. The second-order valence-electron chi connectivity index (χ2n) is 6.75. The van der Waals surface area contributed by atoms with Gasteiger partial charge in [-0.15, -0.1) is 0 Å². The maximum absolute atomic E-state index is 14.3. The van der Waals surface area contributed by atoms with Crippen molar-refractivity contribution in [3.63, 3.8) is 0 Å². The minimum Gasteiger partial charge on any atom is -0.461 e. The largest absolute Gasteiger partial charge is 0.461 e. The average molecular weight is 403 g/mol. The van der Waals surface area contributed by atoms with Gasteiger partial charge in [0.25, 0.3) is 0 Å². The quantitative estimate of drug-likeness (QED) is 0.369. The number of hydrogen-bond donors (Lipinski definition) is 0. The zero-order chi connectivity index (χ0) is 21.4. The van der Waals surface area contributed by atoms with Gasteiger partial charge in [-0.25, -0.2) is 19.0 Å². The van der Waals surface area contributed by atoms with Crippen LogP contribution in [0.25, 0.3) is 32.8 Å². The van der Waals surface area contributed by atoms with Crippen molar-refractivity contribution in [2.24, 2.45) is 7.05 Å². The minimum atomic E-state index is -0.643. The smallest absolute Gasteiger partial charge is 0.358 e. The molecule has 0 amide bonds. The Morgan fingerprint density at radius 1 is 1.27 bits per heavy atom. The highest BCUT2D eigenvalue weighted by Gasteiger charge is 2.23. The van der Waals surface area contributed by atoms with Gasteiger partial charge in [0.1, 0.15) is 11.6 Å². The standard InChI is InChI=1S/C22H18FN5O2/c1-5-30-22(29)20-13(2)28(16-7-9-18-15(10-16)12-27(4)26-18)21(25-20)14-6-8-19(24-3)17(23)11-14/h6-12H,5H2,1-2,4H3. The maximum Gasteiger partial charge on any atom is 0.358 e. The number of imidazole rings is 1. The number of carbonyl (C=O) groups excluding carboxylic acids is 1. The fourth-order valence-electron chi connectivity index (χ4n) is 3.42. The normalized spacial score (nSPS) is 10.9. The van der Waals surface area contributed by atoms with Crippen LogP contribution in [0.5, 0.6) is 0 Å². The number of benzene rings is 2. The maximum atomic E-state index is 14.3. The van der Waals surface area contributed by atoms with Crippen LogP contribution in [0, 0.1) is 19.3 Å². The van der Waals surface area contributed by atoms with Gasteiger partial charge in [0.05, 0.1) is 24.4 Å². The van der Waals surface area contributed by atoms with Gasteiger partial charge in [0.2, 0.25) is 5.69 Å². The topological polar surface area (TPSA) is 66.3 Å². The molecular weight excluding hydrogens is 385 g/mol. The predicted octanol–water partition coefficient (Wildman–Crippen LogP) is 4.60. The molecule has 0 N–H and O–H groups in total. The Balaban J connectivity index is 1.96. The number of hydrogen-bond acceptors (Lipinski definition) is 4. The summed E-state index contributed by atoms with van der Waals surface area (Å²) in [6.07, 6.45) is 1.89. The van der Waals surface area contributed by atoms with E-state index in [0.717, 1.165) is 16.6 Å². The van der Waals surface area contributed by atoms with E-state index < -0.39 is 11.8 Å². The van der Waals surface area contributed by atoms with Gasteiger partial charge in [-0.05, 0) is 38.1 Å². The monoisotopic (exact) mass is 403 g/mol. The van der Waals surface area contributed by atoms with E-state index in [2.05, 4.69) is 14.9 Å². The molecule has 0 spiro atoms. The molecule has 0 aliphatic rings. The van der Waals surface area contributed by atoms with Crippen LogP contribution < -0.4 is 0 Å². The first-order chi connectivity index (χ1) is 14.4. The summed E-state index contributed by atoms with van der Waals surface area (Å²) < 4.78 is 23.0. The van der Waals surface area contributed by atoms with Gasteiger partial charge in [-0.1, -0.05) is 12.1 Å². The molecule has 30 heavy (non-hydrogen) atoms. The summed E-state index contributed by atoms with van der Waals surface area (Å²) in [6.45, 7) is 10.8. The number of halogens is 1. The molecule has 8 heteroatoms. The first-order valence-corrected chi connectivity index (χ1v) is 9.30. The Morgan fingerprint density at radius 2 is 2.07 bits per heavy atom. The fourth-order valence-corrected chi connectivity index (χ4v) is 3.42. The van der Waals surface area contributed by atoms with Crippen molar-refractivity contribution in [1.82, 2.24) is 19.3 Å². The lowest BCUT2D eigenvalue weighted by Crippen LogP contribution is -2.07. The minimum absolute atomic E-state index is 0.0732. The van der Waals surface area contributed by atoms with Crippen LogP contribution in [0.3, 0.4) is 0 Å². The van der Waals surface area contributed by atoms with E-state index >= 15 is 0 Å². The lowest BCUT2D eigenvalue weighted by molar-refractivity contribution is 0.0519. The van der Waals surface area contributed by atoms with Crippen LogP contribution in [-0.2, 0) is 11.8 Å². The second-order valence-corrected chi connectivity index (χ2v) is 6.75. The van der Waals surface area contributed by atoms with Crippen LogP contribution >= 0.6 is 0 Å². The van der Waals surface area contributed by atoms with Crippen molar-refractivity contribution < 1.29 is 13.9 Å². The van der Waals surface area contributed by atoms with Crippen LogP contribution in [0.2, 0.25) is 0 Å². The van der Waals surface area contributed by atoms with Gasteiger partial charge in [-0.2, -0.15) is 5.10 Å². The molecule has 0 unspecified atom stereocenters. The summed E-state index contributed by atoms with van der Waals surface area (Å²) in [4.78, 5) is 20.1. The van der Waals surface area contributed by atoms with Crippen LogP contribution in [-0.4, -0.2) is 31.9 Å². The number of ether oxygens (including phenoxy) is 1. The Hall–Kier alpha value is -3.99. The van der Waals surface area contributed by atoms with Crippen molar-refractivity contribution in [3.8, 4) is 17.1 Å². The lowest BCUT2D eigenvalue weighted by atomic mass is 10.1. The number of nitrogens with zero attached hydrogens (tertiary/aromatic N) is 5. The molecule has 7 nitrogen and oxygen atoms in total. The van der Waals surface area contributed by atoms with Gasteiger partial charge >= 0.3 is 5.97 Å². The van der Waals surface area contributed by atoms with Crippen molar-refractivity contribution in [2.75, 3.05) is 6.61 Å². The molecule has 0 fully saturated rings. The molecule has 0 saturated heterocycles. The van der Waals surface area contributed by atoms with Gasteiger partial charge in [-0.3, -0.25) is 9.25 Å². The lowest BCUT2D eigenvalue weighted by Gasteiger charge is -2.11. The fraction of sp³-hybridized carbons (Fsp3) is 0.182. The van der Waals surface area contributed by atoms with E-state index in [0.29, 0.717) is 17.1 Å². The summed E-state index contributed by atoms with van der Waals surface area (Å²) in [5, 5.41) is 5.30. The number of fused-ring (bicyclic) bond motifs is 1. The summed E-state index contributed by atoms with van der Waals surface area (Å²) in [5.41, 5.74) is 2.69. The average Bonchev–Trinajstić information content (AvgIpc) is 3.26. The predicted molar refractivity (Wildman–Crippen MR) is 110 cm³/mol. The zero-order valence-corrected chi connectivity index (χ0v) is 16.7. The highest BCUT2D eigenvalue weighted by molar-refractivity contribution is 5.90. The van der Waals surface area contributed by atoms with E-state index in [4.69, 9.17) is 11.3 Å². The van der Waals surface area contributed by atoms with Crippen molar-refractivity contribution in [3.05, 3.63) is 71.2 Å². The summed E-state index contributed by atoms with van der Waals surface area (Å²) in [5.74, 6) is -0.806. The molecule has 0 aliphatic carbocycles. The molecule has 2 aromatic carbocycles. The number of esters is 1. The molecule has 0 aliphatic heterocycles. The molecule has 2 aromatic heterocycles. The van der Waals surface area contributed by atoms with E-state index in [1.165, 1.54) is 12.1 Å². The molecule has 4 rings (SSSR count). The van der Waals surface area contributed by atoms with Crippen LogP contribution in [0.1, 0.15) is 23.1 Å². The van der Waals surface area contributed by atoms with E-state index in [-0.39, 0.29) is 18.0 Å². The zero-order valence-electron chi connectivity index (χ0n) is 16.7. The Bertz CT molecular complexity index is 1330. The molecule has 0 saturated carbocycles. The molecule has 0 atom stereocenters. The molecule has 150 valence electrons. The van der Waals surface area contributed by atoms with Gasteiger partial charge in [0, 0.05) is 29.9 Å². The molecule has 4 aromatic rings. The number of aromatic nitrogens is 4.